The van der Waals surface area contributed by atoms with E-state index < -0.39 is 5.91 Å². The minimum Gasteiger partial charge on any atom is -0.489 e. The van der Waals surface area contributed by atoms with Crippen LogP contribution in [0.15, 0.2) is 88.6 Å². The Labute approximate surface area is 220 Å². The molecule has 0 fully saturated rings. The van der Waals surface area contributed by atoms with E-state index in [0.717, 1.165) is 5.56 Å². The van der Waals surface area contributed by atoms with Crippen LogP contribution in [0.2, 0.25) is 0 Å². The van der Waals surface area contributed by atoms with Gasteiger partial charge in [0.05, 0.1) is 6.21 Å². The van der Waals surface area contributed by atoms with Crippen molar-refractivity contribution in [2.75, 3.05) is 5.73 Å². The number of benzene rings is 3. The van der Waals surface area contributed by atoms with Crippen LogP contribution in [0.4, 0.5) is 10.2 Å². The van der Waals surface area contributed by atoms with E-state index in [1.54, 1.807) is 48.5 Å². The second-order valence-electron chi connectivity index (χ2n) is 8.05. The summed E-state index contributed by atoms with van der Waals surface area (Å²) >= 11 is 0. The number of ether oxygens (including phenoxy) is 2. The molecular weight excluding hydrogens is 507 g/mol. The summed E-state index contributed by atoms with van der Waals surface area (Å²) < 4.78 is 30.4. The number of aromatic nitrogens is 5. The van der Waals surface area contributed by atoms with Crippen molar-refractivity contribution in [2.45, 2.75) is 13.2 Å². The fraction of sp³-hybridized carbons (Fsp3) is 0.0769. The lowest BCUT2D eigenvalue weighted by atomic mass is 10.2. The van der Waals surface area contributed by atoms with Crippen LogP contribution in [0.25, 0.3) is 5.82 Å². The maximum Gasteiger partial charge on any atom is 0.293 e. The van der Waals surface area contributed by atoms with Gasteiger partial charge >= 0.3 is 0 Å². The highest BCUT2D eigenvalue weighted by atomic mass is 19.1. The van der Waals surface area contributed by atoms with Crippen molar-refractivity contribution in [1.82, 2.24) is 30.7 Å². The number of hydrogen-bond donors (Lipinski definition) is 2. The molecule has 1 amide bonds. The average Bonchev–Trinajstić information content (AvgIpc) is 3.58. The number of rotatable bonds is 10. The molecule has 5 rings (SSSR count). The number of hydrogen-bond acceptors (Lipinski definition) is 10. The molecule has 39 heavy (non-hydrogen) atoms. The molecule has 3 aromatic carbocycles. The van der Waals surface area contributed by atoms with Crippen LogP contribution in [0.3, 0.4) is 0 Å². The third-order valence-electron chi connectivity index (χ3n) is 5.37. The van der Waals surface area contributed by atoms with E-state index in [9.17, 15) is 9.18 Å². The predicted molar refractivity (Wildman–Crippen MR) is 137 cm³/mol. The number of para-hydroxylation sites is 1. The monoisotopic (exact) mass is 528 g/mol. The Hall–Kier alpha value is -5.59. The van der Waals surface area contributed by atoms with Crippen molar-refractivity contribution < 1.29 is 23.3 Å². The Bertz CT molecular complexity index is 1570. The molecule has 0 saturated heterocycles. The van der Waals surface area contributed by atoms with Gasteiger partial charge in [-0.15, -0.1) is 5.10 Å². The summed E-state index contributed by atoms with van der Waals surface area (Å²) in [6, 6.07) is 22.2. The van der Waals surface area contributed by atoms with Gasteiger partial charge in [-0.2, -0.15) is 9.78 Å². The summed E-state index contributed by atoms with van der Waals surface area (Å²) in [6.45, 7) is 0.228. The van der Waals surface area contributed by atoms with Gasteiger partial charge in [-0.05, 0) is 70.0 Å². The van der Waals surface area contributed by atoms with Crippen molar-refractivity contribution in [1.29, 1.82) is 0 Å². The maximum atomic E-state index is 13.0. The number of nitrogens with two attached hydrogens (primary N) is 1. The molecule has 0 aliphatic rings. The van der Waals surface area contributed by atoms with Gasteiger partial charge in [-0.3, -0.25) is 4.79 Å². The summed E-state index contributed by atoms with van der Waals surface area (Å²) in [7, 11) is 0. The second-order valence-corrected chi connectivity index (χ2v) is 8.05. The first-order chi connectivity index (χ1) is 19.1. The van der Waals surface area contributed by atoms with Crippen LogP contribution in [0.1, 0.15) is 27.3 Å². The Morgan fingerprint density at radius 2 is 1.69 bits per heavy atom. The van der Waals surface area contributed by atoms with E-state index >= 15 is 0 Å². The van der Waals surface area contributed by atoms with Gasteiger partial charge in [0.2, 0.25) is 11.6 Å². The summed E-state index contributed by atoms with van der Waals surface area (Å²) in [6.07, 6.45) is 1.46. The lowest BCUT2D eigenvalue weighted by Gasteiger charge is -2.08. The van der Waals surface area contributed by atoms with Crippen molar-refractivity contribution in [3.8, 4) is 17.3 Å². The van der Waals surface area contributed by atoms with Crippen LogP contribution in [0.5, 0.6) is 11.5 Å². The second kappa shape index (κ2) is 11.6. The third kappa shape index (κ3) is 6.22. The van der Waals surface area contributed by atoms with E-state index in [4.69, 9.17) is 15.2 Å². The summed E-state index contributed by atoms with van der Waals surface area (Å²) in [4.78, 5) is 12.9. The number of carbonyl (C=O) groups excluding carboxylic acids is 1. The first-order valence-electron chi connectivity index (χ1n) is 11.6. The Morgan fingerprint density at radius 1 is 0.974 bits per heavy atom. The van der Waals surface area contributed by atoms with Gasteiger partial charge in [0.15, 0.2) is 5.69 Å². The highest BCUT2D eigenvalue weighted by Crippen LogP contribution is 2.19. The van der Waals surface area contributed by atoms with Crippen molar-refractivity contribution >= 4 is 17.9 Å². The smallest absolute Gasteiger partial charge is 0.293 e. The van der Waals surface area contributed by atoms with E-state index in [2.05, 4.69) is 35.8 Å². The highest BCUT2D eigenvalue weighted by Gasteiger charge is 2.24. The largest absolute Gasteiger partial charge is 0.489 e. The molecule has 2 heterocycles. The third-order valence-corrected chi connectivity index (χ3v) is 5.37. The first kappa shape index (κ1) is 25.1. The van der Waals surface area contributed by atoms with Crippen LogP contribution in [0, 0.1) is 5.82 Å². The van der Waals surface area contributed by atoms with Gasteiger partial charge in [0.25, 0.3) is 5.91 Å². The molecule has 5 aromatic rings. The quantitative estimate of drug-likeness (QED) is 0.205. The van der Waals surface area contributed by atoms with Gasteiger partial charge in [0.1, 0.15) is 36.2 Å². The molecule has 0 radical (unpaired) electrons. The normalized spacial score (nSPS) is 11.0. The fourth-order valence-electron chi connectivity index (χ4n) is 3.40. The number of anilines is 1. The fourth-order valence-corrected chi connectivity index (χ4v) is 3.40. The van der Waals surface area contributed by atoms with Gasteiger partial charge in [-0.1, -0.05) is 35.5 Å². The number of nitrogens with one attached hydrogen (secondary N) is 1. The molecule has 0 saturated carbocycles. The zero-order valence-electron chi connectivity index (χ0n) is 20.3. The minimum absolute atomic E-state index is 0.0315. The van der Waals surface area contributed by atoms with Gasteiger partial charge < -0.3 is 15.2 Å². The molecular formula is C26H21FN8O4. The van der Waals surface area contributed by atoms with E-state index in [0.29, 0.717) is 23.7 Å². The molecule has 2 aromatic heterocycles. The Morgan fingerprint density at radius 3 is 2.41 bits per heavy atom. The molecule has 0 aliphatic carbocycles. The number of nitrogens with zero attached hydrogens (tertiary/aromatic N) is 6. The molecule has 12 nitrogen and oxygen atoms in total. The molecule has 13 heteroatoms. The molecule has 0 bridgehead atoms. The molecule has 0 aliphatic heterocycles. The lowest BCUT2D eigenvalue weighted by molar-refractivity contribution is 0.0947. The first-order valence-corrected chi connectivity index (χ1v) is 11.6. The molecule has 196 valence electrons. The van der Waals surface area contributed by atoms with Crippen LogP contribution in [-0.2, 0) is 13.2 Å². The Kier molecular flexibility index (Phi) is 7.48. The number of halogens is 1. The van der Waals surface area contributed by atoms with Gasteiger partial charge in [0, 0.05) is 0 Å². The van der Waals surface area contributed by atoms with Crippen LogP contribution < -0.4 is 20.6 Å². The van der Waals surface area contributed by atoms with Crippen molar-refractivity contribution in [3.05, 3.63) is 107 Å². The number of amides is 1. The zero-order chi connectivity index (χ0) is 27.0. The molecule has 0 atom stereocenters. The predicted octanol–water partition coefficient (Wildman–Crippen LogP) is 3.29. The zero-order valence-corrected chi connectivity index (χ0v) is 20.3. The SMILES string of the molecule is Nc1nonc1-n1nnc(C(=O)N/N=C\c2ccc(OCc3ccc(F)cc3)cc2)c1COc1ccccc1. The maximum absolute atomic E-state index is 13.0. The van der Waals surface area contributed by atoms with E-state index in [-0.39, 0.29) is 35.4 Å². The number of nitrogen functional groups attached to an aromatic ring is 1. The highest BCUT2D eigenvalue weighted by molar-refractivity contribution is 5.94. The summed E-state index contributed by atoms with van der Waals surface area (Å²) in [5, 5.41) is 19.2. The average molecular weight is 529 g/mol. The molecule has 0 spiro atoms. The number of hydrazone groups is 1. The standard InChI is InChI=1S/C26H21FN8O4/c27-19-10-6-18(7-11-19)15-37-21-12-8-17(9-13-21)14-29-31-26(36)23-22(16-38-20-4-2-1-3-5-20)35(34-30-23)25-24(28)32-39-33-25/h1-14H,15-16H2,(H2,28,32)(H,31,36)/b29-14-. The van der Waals surface area contributed by atoms with E-state index in [1.807, 2.05) is 18.2 Å². The topological polar surface area (TPSA) is 156 Å². The van der Waals surface area contributed by atoms with E-state index in [1.165, 1.54) is 23.0 Å². The molecule has 0 unspecified atom stereocenters. The van der Waals surface area contributed by atoms with Crippen molar-refractivity contribution in [3.63, 3.8) is 0 Å². The van der Waals surface area contributed by atoms with Crippen LogP contribution in [-0.4, -0.2) is 37.4 Å². The molecule has 3 N–H and O–H groups in total. The Balaban J connectivity index is 1.24. The minimum atomic E-state index is -0.626. The van der Waals surface area contributed by atoms with Crippen molar-refractivity contribution in [2.24, 2.45) is 5.10 Å². The van der Waals surface area contributed by atoms with Gasteiger partial charge in [-0.25, -0.2) is 14.4 Å². The summed E-state index contributed by atoms with van der Waals surface area (Å²) in [5.74, 6) is 0.313. The lowest BCUT2D eigenvalue weighted by Crippen LogP contribution is -2.21. The summed E-state index contributed by atoms with van der Waals surface area (Å²) in [5.41, 5.74) is 10.0. The number of carbonyl (C=O) groups is 1. The van der Waals surface area contributed by atoms with Crippen LogP contribution >= 0.6 is 0 Å².